The molecule has 0 aromatic rings. The molecule has 17 heavy (non-hydrogen) atoms. The molecule has 0 aromatic carbocycles. The van der Waals surface area contributed by atoms with Gasteiger partial charge >= 0.3 is 5.97 Å². The van der Waals surface area contributed by atoms with Gasteiger partial charge in [-0.05, 0) is 0 Å². The van der Waals surface area contributed by atoms with Crippen LogP contribution in [0.5, 0.6) is 0 Å². The molecule has 14 nitrogen and oxygen atoms in total. The summed E-state index contributed by atoms with van der Waals surface area (Å²) in [5.74, 6) is -4.01. The van der Waals surface area contributed by atoms with Gasteiger partial charge in [0.1, 0.15) is 0 Å². The third-order valence-electron chi connectivity index (χ3n) is 0.175. The van der Waals surface area contributed by atoms with Crippen molar-refractivity contribution in [2.24, 2.45) is 0 Å². The Hall–Kier alpha value is -0.213. The minimum atomic E-state index is -2.07. The summed E-state index contributed by atoms with van der Waals surface area (Å²) in [5, 5.41) is 16.3. The van der Waals surface area contributed by atoms with E-state index in [0.29, 0.717) is 0 Å². The van der Waals surface area contributed by atoms with E-state index in [1.165, 1.54) is 0 Å². The number of carbonyl (C=O) groups is 2. The summed E-state index contributed by atoms with van der Waals surface area (Å²) < 4.78 is 0. The third-order valence-corrected chi connectivity index (χ3v) is 0.175. The van der Waals surface area contributed by atoms with Crippen molar-refractivity contribution in [3.05, 3.63) is 0 Å². The molecule has 0 atom stereocenters. The molecule has 0 aromatic heterocycles. The Bertz CT molecular complexity index is 80.2. The number of rotatable bonds is 0. The monoisotopic (exact) mass is 435 g/mol. The van der Waals surface area contributed by atoms with Crippen molar-refractivity contribution in [3.8, 4) is 0 Å². The van der Waals surface area contributed by atoms with Crippen molar-refractivity contribution in [2.45, 2.75) is 0 Å². The van der Waals surface area contributed by atoms with E-state index in [-0.39, 0.29) is 92.1 Å². The molecule has 0 spiro atoms. The van der Waals surface area contributed by atoms with Crippen LogP contribution >= 0.6 is 0 Å². The molecule has 15 heteroatoms. The molecule has 0 aliphatic heterocycles. The first kappa shape index (κ1) is 183. The molecule has 0 unspecified atom stereocenters. The number of carboxylic acids is 2. The van der Waals surface area contributed by atoms with Crippen LogP contribution < -0.4 is 5.11 Å². The number of aliphatic carboxylic acids is 2. The maximum Gasteiger partial charge on any atom is 0.351 e. The fourth-order valence-corrected chi connectivity index (χ4v) is 0. The Morgan fingerprint density at radius 2 is 0.706 bits per heavy atom. The van der Waals surface area contributed by atoms with Gasteiger partial charge in [0.2, 0.25) is 0 Å². The molecule has 0 bridgehead atoms. The fourth-order valence-electron chi connectivity index (χ4n) is 0. The summed E-state index contributed by atoms with van der Waals surface area (Å²) in [7, 11) is 0. The van der Waals surface area contributed by atoms with Crippen molar-refractivity contribution in [1.29, 1.82) is 0 Å². The second-order valence-corrected chi connectivity index (χ2v) is 0.593. The van der Waals surface area contributed by atoms with Gasteiger partial charge in [-0.2, -0.15) is 0 Å². The summed E-state index contributed by atoms with van der Waals surface area (Å²) in [6, 6.07) is 0. The van der Waals surface area contributed by atoms with Crippen LogP contribution in [-0.2, 0) is 9.59 Å². The smallest absolute Gasteiger partial charge is 0.351 e. The minimum Gasteiger partial charge on any atom is -0.539 e. The predicted molar refractivity (Wildman–Crippen MR) is 48.8 cm³/mol. The van der Waals surface area contributed by atoms with Gasteiger partial charge in [-0.3, -0.25) is 0 Å². The molecule has 126 valence electrons. The zero-order valence-corrected chi connectivity index (χ0v) is 9.81. The van der Waals surface area contributed by atoms with Crippen molar-refractivity contribution in [1.82, 2.24) is 0 Å². The van der Waals surface area contributed by atoms with Crippen LogP contribution in [0.25, 0.3) is 0 Å². The Balaban J connectivity index is -0.00000000227. The van der Waals surface area contributed by atoms with E-state index in [1.807, 2.05) is 0 Å². The molecule has 0 saturated carbocycles. The Morgan fingerprint density at radius 3 is 0.706 bits per heavy atom. The van der Waals surface area contributed by atoms with Crippen LogP contribution in [0, 0.1) is 37.3 Å². The van der Waals surface area contributed by atoms with Crippen LogP contribution in [0.1, 0.15) is 0 Å². The van der Waals surface area contributed by atoms with Gasteiger partial charge < -0.3 is 69.8 Å². The van der Waals surface area contributed by atoms with Crippen LogP contribution in [0.15, 0.2) is 0 Å². The Morgan fingerprint density at radius 1 is 0.647 bits per heavy atom. The van der Waals surface area contributed by atoms with Crippen LogP contribution in [0.2, 0.25) is 0 Å². The van der Waals surface area contributed by atoms with Gasteiger partial charge in [-0.1, -0.05) is 0 Å². The molecule has 0 fully saturated rings. The number of hydrogen-bond acceptors (Lipinski definition) is 3. The Kier molecular flexibility index (Phi) is 1110. The third kappa shape index (κ3) is 209. The van der Waals surface area contributed by atoms with Crippen LogP contribution in [-0.4, -0.2) is 71.8 Å². The molecule has 0 radical (unpaired) electrons. The second kappa shape index (κ2) is 103. The normalized spacial score (nSPS) is 2.59. The molecule has 0 aliphatic carbocycles. The first-order valence-electron chi connectivity index (χ1n) is 1.09. The standard InChI is InChI=1S/C2H2O4.Er.10H2O/c3-1(4)2(5)6;;;;;;;;;;;/h(H,3,4)(H,5,6);;10*1H2/p-1. The van der Waals surface area contributed by atoms with Gasteiger partial charge in [-0.15, -0.1) is 0 Å². The molecule has 0 amide bonds. The summed E-state index contributed by atoms with van der Waals surface area (Å²) in [5.41, 5.74) is 0. The van der Waals surface area contributed by atoms with E-state index < -0.39 is 11.9 Å². The summed E-state index contributed by atoms with van der Waals surface area (Å²) in [6.45, 7) is 0. The zero-order valence-electron chi connectivity index (χ0n) is 7.96. The number of carbonyl (C=O) groups excluding carboxylic acids is 1. The van der Waals surface area contributed by atoms with Crippen molar-refractivity contribution in [2.75, 3.05) is 0 Å². The SMILES string of the molecule is O.O.O.O.O.O.O.O.O.O.O=C([O-])C(=O)O.[Er]. The number of carboxylic acid groups (broad SMARTS) is 2. The maximum absolute atomic E-state index is 9.04. The van der Waals surface area contributed by atoms with Gasteiger partial charge in [0.25, 0.3) is 0 Å². The van der Waals surface area contributed by atoms with Gasteiger partial charge in [-0.25, -0.2) is 4.79 Å². The average Bonchev–Trinajstić information content (AvgIpc) is 1.36. The predicted octanol–water partition coefficient (Wildman–Crippen LogP) is -10.4. The second-order valence-electron chi connectivity index (χ2n) is 0.593. The molecular formula is C2H21ErO14-. The zero-order chi connectivity index (χ0) is 5.15. The molecule has 0 heterocycles. The van der Waals surface area contributed by atoms with E-state index in [2.05, 4.69) is 0 Å². The van der Waals surface area contributed by atoms with Gasteiger partial charge in [0, 0.05) is 37.3 Å². The molecule has 0 saturated heterocycles. The average molecular weight is 436 g/mol. The molecular weight excluding hydrogens is 415 g/mol. The number of hydrogen-bond donors (Lipinski definition) is 1. The van der Waals surface area contributed by atoms with E-state index >= 15 is 0 Å². The maximum atomic E-state index is 9.04. The topological polar surface area (TPSA) is 392 Å². The summed E-state index contributed by atoms with van der Waals surface area (Å²) >= 11 is 0. The van der Waals surface area contributed by atoms with E-state index in [9.17, 15) is 0 Å². The first-order chi connectivity index (χ1) is 2.64. The molecule has 0 aliphatic rings. The van der Waals surface area contributed by atoms with Gasteiger partial charge in [0.05, 0.1) is 0 Å². The van der Waals surface area contributed by atoms with Gasteiger partial charge in [0.15, 0.2) is 5.97 Å². The van der Waals surface area contributed by atoms with E-state index in [0.717, 1.165) is 0 Å². The molecule has 21 N–H and O–H groups in total. The largest absolute Gasteiger partial charge is 0.539 e. The summed E-state index contributed by atoms with van der Waals surface area (Å²) in [6.07, 6.45) is 0. The molecule has 0 rings (SSSR count). The first-order valence-corrected chi connectivity index (χ1v) is 1.09. The van der Waals surface area contributed by atoms with Crippen molar-refractivity contribution in [3.63, 3.8) is 0 Å². The van der Waals surface area contributed by atoms with Crippen LogP contribution in [0.4, 0.5) is 0 Å². The van der Waals surface area contributed by atoms with Crippen molar-refractivity contribution < 1.29 is 112 Å². The van der Waals surface area contributed by atoms with E-state index in [4.69, 9.17) is 19.8 Å². The fraction of sp³-hybridized carbons (Fsp3) is 0. The Labute approximate surface area is 124 Å². The van der Waals surface area contributed by atoms with Crippen LogP contribution in [0.3, 0.4) is 0 Å². The quantitative estimate of drug-likeness (QED) is 0.361. The minimum absolute atomic E-state index is 0. The van der Waals surface area contributed by atoms with Crippen molar-refractivity contribution >= 4 is 11.9 Å². The van der Waals surface area contributed by atoms with E-state index in [1.54, 1.807) is 0 Å². The summed E-state index contributed by atoms with van der Waals surface area (Å²) in [4.78, 5) is 18.0.